The molecule has 0 aromatic carbocycles. The summed E-state index contributed by atoms with van der Waals surface area (Å²) in [5.41, 5.74) is 0.969. The maximum atomic E-state index is 13.2. The highest BCUT2D eigenvalue weighted by atomic mass is 19.4. The van der Waals surface area contributed by atoms with Crippen LogP contribution in [0.2, 0.25) is 0 Å². The van der Waals surface area contributed by atoms with Crippen molar-refractivity contribution in [1.29, 1.82) is 0 Å². The third-order valence-electron chi connectivity index (χ3n) is 5.76. The lowest BCUT2D eigenvalue weighted by Gasteiger charge is -2.35. The molecule has 0 aliphatic carbocycles. The summed E-state index contributed by atoms with van der Waals surface area (Å²) in [6.07, 6.45) is -0.638. The Morgan fingerprint density at radius 1 is 1.24 bits per heavy atom. The van der Waals surface area contributed by atoms with Gasteiger partial charge in [-0.05, 0) is 31.5 Å². The molecule has 0 spiro atoms. The molecule has 2 aliphatic heterocycles. The standard InChI is InChI=1S/C20H19F3N8O2/c1-10(20(21,22)23)26-17(32)13-2-3-14-16(27-13)31(12-5-7-30(14)9-12)19(33)29-18-25-8-11-4-6-24-15(11)28-18/h2-4,6,8,10,12H,5,7,9H2,1H3,(H,26,32)(H2,24,25,28,29,33)/t10?,12-/m0/s1. The summed E-state index contributed by atoms with van der Waals surface area (Å²) in [7, 11) is 0. The zero-order valence-electron chi connectivity index (χ0n) is 17.3. The number of amides is 3. The average molecular weight is 460 g/mol. The van der Waals surface area contributed by atoms with Crippen LogP contribution in [0.4, 0.5) is 35.4 Å². The van der Waals surface area contributed by atoms with Gasteiger partial charge in [-0.15, -0.1) is 0 Å². The van der Waals surface area contributed by atoms with Crippen LogP contribution in [0.5, 0.6) is 0 Å². The Morgan fingerprint density at radius 2 is 2.06 bits per heavy atom. The highest BCUT2D eigenvalue weighted by molar-refractivity contribution is 6.04. The Kier molecular flexibility index (Phi) is 4.83. The van der Waals surface area contributed by atoms with Gasteiger partial charge >= 0.3 is 12.2 Å². The molecule has 5 heterocycles. The van der Waals surface area contributed by atoms with E-state index in [4.69, 9.17) is 0 Å². The van der Waals surface area contributed by atoms with Gasteiger partial charge in [0.2, 0.25) is 5.95 Å². The van der Waals surface area contributed by atoms with E-state index in [2.05, 4.69) is 25.3 Å². The molecular formula is C20H19F3N8O2. The van der Waals surface area contributed by atoms with E-state index in [1.54, 1.807) is 24.5 Å². The molecule has 0 radical (unpaired) electrons. The zero-order valence-corrected chi connectivity index (χ0v) is 17.3. The minimum Gasteiger partial charge on any atom is -0.366 e. The molecule has 1 saturated heterocycles. The van der Waals surface area contributed by atoms with E-state index in [9.17, 15) is 22.8 Å². The Bertz CT molecular complexity index is 1240. The van der Waals surface area contributed by atoms with Crippen molar-refractivity contribution in [3.8, 4) is 0 Å². The van der Waals surface area contributed by atoms with E-state index in [0.29, 0.717) is 30.8 Å². The molecule has 13 heteroatoms. The summed E-state index contributed by atoms with van der Waals surface area (Å²) in [5.74, 6) is -0.684. The van der Waals surface area contributed by atoms with Crippen LogP contribution in [0.15, 0.2) is 30.6 Å². The predicted molar refractivity (Wildman–Crippen MR) is 113 cm³/mol. The molecule has 2 atom stereocenters. The SMILES string of the molecule is CC(NC(=O)c1ccc2c(n1)N(C(=O)Nc1ncc3cc[nH]c3n1)[C@H]1CCN2C1)C(F)(F)F. The number of H-pyrrole nitrogens is 1. The molecule has 1 fully saturated rings. The Balaban J connectivity index is 1.43. The molecule has 2 aliphatic rings. The van der Waals surface area contributed by atoms with E-state index in [-0.39, 0.29) is 23.5 Å². The molecule has 3 aromatic rings. The number of rotatable bonds is 3. The van der Waals surface area contributed by atoms with E-state index in [1.807, 2.05) is 10.2 Å². The van der Waals surface area contributed by atoms with Crippen molar-refractivity contribution in [2.75, 3.05) is 28.2 Å². The van der Waals surface area contributed by atoms with Crippen LogP contribution in [0.25, 0.3) is 11.0 Å². The molecule has 2 bridgehead atoms. The third-order valence-corrected chi connectivity index (χ3v) is 5.76. The Morgan fingerprint density at radius 3 is 2.85 bits per heavy atom. The number of alkyl halides is 3. The highest BCUT2D eigenvalue weighted by Crippen LogP contribution is 2.39. The van der Waals surface area contributed by atoms with E-state index < -0.39 is 24.2 Å². The lowest BCUT2D eigenvalue weighted by Crippen LogP contribution is -2.49. The number of halogens is 3. The molecule has 172 valence electrons. The summed E-state index contributed by atoms with van der Waals surface area (Å²) >= 11 is 0. The van der Waals surface area contributed by atoms with Crippen molar-refractivity contribution >= 4 is 40.4 Å². The third kappa shape index (κ3) is 3.79. The second-order valence-corrected chi connectivity index (χ2v) is 7.94. The molecule has 3 amide bonds. The maximum Gasteiger partial charge on any atom is 0.408 e. The van der Waals surface area contributed by atoms with Crippen LogP contribution >= 0.6 is 0 Å². The van der Waals surface area contributed by atoms with Gasteiger partial charge < -0.3 is 15.2 Å². The number of hydrogen-bond acceptors (Lipinski definition) is 6. The quantitative estimate of drug-likeness (QED) is 0.553. The number of fused-ring (bicyclic) bond motifs is 5. The summed E-state index contributed by atoms with van der Waals surface area (Å²) in [5, 5.41) is 5.34. The minimum absolute atomic E-state index is 0.0878. The summed E-state index contributed by atoms with van der Waals surface area (Å²) in [6.45, 7) is 2.11. The molecule has 3 N–H and O–H groups in total. The minimum atomic E-state index is -4.58. The first-order valence-electron chi connectivity index (χ1n) is 10.2. The average Bonchev–Trinajstić information content (AvgIpc) is 3.40. The van der Waals surface area contributed by atoms with Gasteiger partial charge in [-0.25, -0.2) is 14.8 Å². The lowest BCUT2D eigenvalue weighted by atomic mass is 10.1. The molecule has 33 heavy (non-hydrogen) atoms. The van der Waals surface area contributed by atoms with Crippen molar-refractivity contribution in [1.82, 2.24) is 25.3 Å². The number of carbonyl (C=O) groups is 2. The van der Waals surface area contributed by atoms with Crippen molar-refractivity contribution in [3.63, 3.8) is 0 Å². The van der Waals surface area contributed by atoms with Gasteiger partial charge in [0.05, 0.1) is 11.7 Å². The molecule has 5 rings (SSSR count). The van der Waals surface area contributed by atoms with Crippen molar-refractivity contribution < 1.29 is 22.8 Å². The van der Waals surface area contributed by atoms with E-state index in [1.165, 1.54) is 11.0 Å². The fourth-order valence-electron chi connectivity index (χ4n) is 4.01. The van der Waals surface area contributed by atoms with Crippen LogP contribution in [0.3, 0.4) is 0 Å². The normalized spacial score (nSPS) is 18.2. The molecule has 3 aromatic heterocycles. The van der Waals surface area contributed by atoms with Crippen LogP contribution in [0.1, 0.15) is 23.8 Å². The Labute approximate surface area is 185 Å². The van der Waals surface area contributed by atoms with Gasteiger partial charge in [0.15, 0.2) is 5.82 Å². The fraction of sp³-hybridized carbons (Fsp3) is 0.350. The first-order chi connectivity index (χ1) is 15.7. The summed E-state index contributed by atoms with van der Waals surface area (Å²) in [6, 6.07) is 1.95. The summed E-state index contributed by atoms with van der Waals surface area (Å²) < 4.78 is 38.5. The van der Waals surface area contributed by atoms with Gasteiger partial charge in [0.25, 0.3) is 5.91 Å². The number of anilines is 3. The van der Waals surface area contributed by atoms with E-state index in [0.717, 1.165) is 12.3 Å². The first-order valence-corrected chi connectivity index (χ1v) is 10.2. The van der Waals surface area contributed by atoms with Gasteiger partial charge in [-0.2, -0.15) is 18.2 Å². The number of aromatic amines is 1. The number of nitrogens with one attached hydrogen (secondary N) is 3. The zero-order chi connectivity index (χ0) is 23.3. The highest BCUT2D eigenvalue weighted by Gasteiger charge is 2.41. The lowest BCUT2D eigenvalue weighted by molar-refractivity contribution is -0.149. The van der Waals surface area contributed by atoms with Crippen molar-refractivity contribution in [2.45, 2.75) is 31.6 Å². The number of nitrogens with zero attached hydrogens (tertiary/aromatic N) is 5. The van der Waals surface area contributed by atoms with E-state index >= 15 is 0 Å². The van der Waals surface area contributed by atoms with Gasteiger partial charge in [0, 0.05) is 30.9 Å². The number of pyridine rings is 1. The van der Waals surface area contributed by atoms with Crippen LogP contribution in [0, 0.1) is 0 Å². The second kappa shape index (κ2) is 7.60. The smallest absolute Gasteiger partial charge is 0.366 e. The van der Waals surface area contributed by atoms with Crippen molar-refractivity contribution in [2.24, 2.45) is 0 Å². The molecule has 10 nitrogen and oxygen atoms in total. The van der Waals surface area contributed by atoms with Crippen molar-refractivity contribution in [3.05, 3.63) is 36.3 Å². The molecule has 0 saturated carbocycles. The number of urea groups is 1. The van der Waals surface area contributed by atoms with Gasteiger partial charge in [0.1, 0.15) is 17.4 Å². The molecular weight excluding hydrogens is 441 g/mol. The maximum absolute atomic E-state index is 13.2. The van der Waals surface area contributed by atoms with Gasteiger partial charge in [-0.1, -0.05) is 0 Å². The largest absolute Gasteiger partial charge is 0.408 e. The summed E-state index contributed by atoms with van der Waals surface area (Å²) in [4.78, 5) is 44.7. The number of aromatic nitrogens is 4. The topological polar surface area (TPSA) is 119 Å². The Hall–Kier alpha value is -3.90. The monoisotopic (exact) mass is 460 g/mol. The van der Waals surface area contributed by atoms with Crippen LogP contribution in [-0.4, -0.2) is 63.2 Å². The van der Waals surface area contributed by atoms with Crippen LogP contribution in [-0.2, 0) is 0 Å². The number of hydrogen-bond donors (Lipinski definition) is 3. The van der Waals surface area contributed by atoms with Gasteiger partial charge in [-0.3, -0.25) is 15.0 Å². The second-order valence-electron chi connectivity index (χ2n) is 7.94. The fourth-order valence-corrected chi connectivity index (χ4v) is 4.01. The predicted octanol–water partition coefficient (Wildman–Crippen LogP) is 2.66. The number of carbonyl (C=O) groups excluding carboxylic acids is 2. The molecule has 1 unspecified atom stereocenters. The first kappa shape index (κ1) is 21.0. The van der Waals surface area contributed by atoms with Crippen LogP contribution < -0.4 is 20.4 Å².